The van der Waals surface area contributed by atoms with Crippen LogP contribution in [0.15, 0.2) is 168 Å². The van der Waals surface area contributed by atoms with E-state index < -0.39 is 0 Å². The fraction of sp³-hybridized carbons (Fsp3) is 0. The third-order valence-electron chi connectivity index (χ3n) is 9.43. The van der Waals surface area contributed by atoms with Crippen molar-refractivity contribution in [2.24, 2.45) is 0 Å². The largest absolute Gasteiger partial charge is 0.454 e. The van der Waals surface area contributed by atoms with Crippen LogP contribution in [0, 0.1) is 0 Å². The molecule has 0 saturated carbocycles. The molecule has 0 N–H and O–H groups in total. The number of hydrogen-bond acceptors (Lipinski definition) is 2. The van der Waals surface area contributed by atoms with Crippen LogP contribution in [-0.4, -0.2) is 4.57 Å². The monoisotopic (exact) mass is 617 g/mol. The SMILES string of the molecule is c1ccc(-c2cccc3c2sc2cccc(-c4ccc(-c5cccc6oc7c8ccccc8n(-c8ccccc8)c7c56)cc4)c23)cc1. The molecule has 0 unspecified atom stereocenters. The van der Waals surface area contributed by atoms with Crippen molar-refractivity contribution in [3.8, 4) is 39.1 Å². The summed E-state index contributed by atoms with van der Waals surface area (Å²) in [6.07, 6.45) is 0. The molecule has 2 nitrogen and oxygen atoms in total. The smallest absolute Gasteiger partial charge is 0.161 e. The standard InChI is InChI=1S/C44H27NOS/c1-3-12-28(13-4-1)34-19-9-20-36-40-32(18-11-23-39(40)47-44(34)36)29-24-26-30(27-25-29)33-17-10-22-38-41(33)42-43(46-38)35-16-7-8-21-37(35)45(42)31-14-5-2-6-15-31/h1-27H. The van der Waals surface area contributed by atoms with Crippen molar-refractivity contribution in [1.29, 1.82) is 0 Å². The van der Waals surface area contributed by atoms with E-state index in [1.165, 1.54) is 53.6 Å². The second-order valence-electron chi connectivity index (χ2n) is 12.1. The van der Waals surface area contributed by atoms with Gasteiger partial charge in [0, 0.05) is 31.2 Å². The van der Waals surface area contributed by atoms with Gasteiger partial charge >= 0.3 is 0 Å². The molecule has 0 aliphatic carbocycles. The summed E-state index contributed by atoms with van der Waals surface area (Å²) in [6.45, 7) is 0. The first kappa shape index (κ1) is 26.3. The van der Waals surface area contributed by atoms with Gasteiger partial charge in [0.15, 0.2) is 5.58 Å². The lowest BCUT2D eigenvalue weighted by Crippen LogP contribution is -1.93. The van der Waals surface area contributed by atoms with Gasteiger partial charge < -0.3 is 8.98 Å². The lowest BCUT2D eigenvalue weighted by Gasteiger charge is -2.10. The molecular weight excluding hydrogens is 591 g/mol. The van der Waals surface area contributed by atoms with Crippen LogP contribution in [0.1, 0.15) is 0 Å². The van der Waals surface area contributed by atoms with E-state index in [1.807, 2.05) is 11.3 Å². The molecule has 0 aliphatic rings. The lowest BCUT2D eigenvalue weighted by molar-refractivity contribution is 0.673. The van der Waals surface area contributed by atoms with E-state index in [0.29, 0.717) is 0 Å². The molecule has 7 aromatic carbocycles. The van der Waals surface area contributed by atoms with Crippen molar-refractivity contribution < 1.29 is 4.42 Å². The number of rotatable bonds is 4. The second kappa shape index (κ2) is 10.3. The normalized spacial score (nSPS) is 11.8. The Bertz CT molecular complexity index is 2770. The van der Waals surface area contributed by atoms with E-state index in [1.54, 1.807) is 0 Å². The van der Waals surface area contributed by atoms with Gasteiger partial charge in [0.1, 0.15) is 11.1 Å². The molecule has 0 fully saturated rings. The van der Waals surface area contributed by atoms with Crippen molar-refractivity contribution in [3.63, 3.8) is 0 Å². The predicted octanol–water partition coefficient (Wildman–Crippen LogP) is 12.9. The van der Waals surface area contributed by atoms with Gasteiger partial charge in [-0.25, -0.2) is 0 Å². The first-order chi connectivity index (χ1) is 23.3. The minimum absolute atomic E-state index is 0.899. The number of furan rings is 1. The number of aromatic nitrogens is 1. The van der Waals surface area contributed by atoms with Crippen LogP contribution in [0.5, 0.6) is 0 Å². The number of benzene rings is 7. The molecule has 0 bridgehead atoms. The molecule has 0 aliphatic heterocycles. The van der Waals surface area contributed by atoms with Gasteiger partial charge in [-0.1, -0.05) is 127 Å². The van der Waals surface area contributed by atoms with E-state index in [2.05, 4.69) is 168 Å². The maximum atomic E-state index is 6.63. The number of thiophene rings is 1. The van der Waals surface area contributed by atoms with Gasteiger partial charge in [-0.15, -0.1) is 11.3 Å². The van der Waals surface area contributed by atoms with Crippen molar-refractivity contribution in [2.45, 2.75) is 0 Å². The molecule has 3 heteroatoms. The number of nitrogens with zero attached hydrogens (tertiary/aromatic N) is 1. The van der Waals surface area contributed by atoms with Crippen LogP contribution < -0.4 is 0 Å². The third-order valence-corrected chi connectivity index (χ3v) is 10.6. The summed E-state index contributed by atoms with van der Waals surface area (Å²) >= 11 is 1.88. The van der Waals surface area contributed by atoms with Crippen molar-refractivity contribution >= 4 is 64.5 Å². The number of para-hydroxylation sites is 2. The Morgan fingerprint density at radius 3 is 1.83 bits per heavy atom. The molecular formula is C44H27NOS. The Morgan fingerprint density at radius 1 is 0.447 bits per heavy atom. The Morgan fingerprint density at radius 2 is 1.04 bits per heavy atom. The van der Waals surface area contributed by atoms with Gasteiger partial charge in [-0.2, -0.15) is 0 Å². The Balaban J connectivity index is 1.15. The molecule has 0 spiro atoms. The highest BCUT2D eigenvalue weighted by atomic mass is 32.1. The predicted molar refractivity (Wildman–Crippen MR) is 200 cm³/mol. The molecule has 0 amide bonds. The highest BCUT2D eigenvalue weighted by molar-refractivity contribution is 7.26. The first-order valence-corrected chi connectivity index (χ1v) is 16.8. The molecule has 10 rings (SSSR count). The van der Waals surface area contributed by atoms with E-state index >= 15 is 0 Å². The summed E-state index contributed by atoms with van der Waals surface area (Å²) in [6, 6.07) is 58.7. The zero-order valence-electron chi connectivity index (χ0n) is 25.4. The molecule has 47 heavy (non-hydrogen) atoms. The zero-order valence-corrected chi connectivity index (χ0v) is 26.2. The molecule has 3 heterocycles. The topological polar surface area (TPSA) is 18.1 Å². The highest BCUT2D eigenvalue weighted by Crippen LogP contribution is 2.45. The summed E-state index contributed by atoms with van der Waals surface area (Å²) in [7, 11) is 0. The van der Waals surface area contributed by atoms with Gasteiger partial charge in [-0.05, 0) is 69.8 Å². The minimum atomic E-state index is 0.899. The van der Waals surface area contributed by atoms with E-state index in [4.69, 9.17) is 4.42 Å². The Hall–Kier alpha value is -5.90. The van der Waals surface area contributed by atoms with Crippen LogP contribution in [0.25, 0.3) is 92.2 Å². The first-order valence-electron chi connectivity index (χ1n) is 15.9. The van der Waals surface area contributed by atoms with E-state index in [-0.39, 0.29) is 0 Å². The fourth-order valence-electron chi connectivity index (χ4n) is 7.36. The molecule has 220 valence electrons. The summed E-state index contributed by atoms with van der Waals surface area (Å²) in [5.41, 5.74) is 12.6. The minimum Gasteiger partial charge on any atom is -0.454 e. The van der Waals surface area contributed by atoms with Gasteiger partial charge in [0.2, 0.25) is 0 Å². The second-order valence-corrected chi connectivity index (χ2v) is 13.1. The average Bonchev–Trinajstić information content (AvgIpc) is 3.81. The van der Waals surface area contributed by atoms with Crippen molar-refractivity contribution in [1.82, 2.24) is 4.57 Å². The number of fused-ring (bicyclic) bond motifs is 8. The molecule has 3 aromatic heterocycles. The fourth-order valence-corrected chi connectivity index (χ4v) is 8.62. The highest BCUT2D eigenvalue weighted by Gasteiger charge is 2.22. The molecule has 10 aromatic rings. The Kier molecular flexibility index (Phi) is 5.78. The van der Waals surface area contributed by atoms with Gasteiger partial charge in [0.25, 0.3) is 0 Å². The average molecular weight is 618 g/mol. The van der Waals surface area contributed by atoms with Gasteiger partial charge in [0.05, 0.1) is 10.9 Å². The number of hydrogen-bond donors (Lipinski definition) is 0. The van der Waals surface area contributed by atoms with Crippen molar-refractivity contribution in [2.75, 3.05) is 0 Å². The van der Waals surface area contributed by atoms with Crippen LogP contribution in [0.4, 0.5) is 0 Å². The van der Waals surface area contributed by atoms with Crippen LogP contribution in [0.2, 0.25) is 0 Å². The van der Waals surface area contributed by atoms with Gasteiger partial charge in [-0.3, -0.25) is 0 Å². The van der Waals surface area contributed by atoms with Crippen molar-refractivity contribution in [3.05, 3.63) is 164 Å². The lowest BCUT2D eigenvalue weighted by atomic mass is 9.95. The zero-order chi connectivity index (χ0) is 30.9. The van der Waals surface area contributed by atoms with Crippen LogP contribution >= 0.6 is 11.3 Å². The summed E-state index contributed by atoms with van der Waals surface area (Å²) in [4.78, 5) is 0. The molecule has 0 atom stereocenters. The maximum Gasteiger partial charge on any atom is 0.161 e. The summed E-state index contributed by atoms with van der Waals surface area (Å²) in [5.74, 6) is 0. The van der Waals surface area contributed by atoms with E-state index in [9.17, 15) is 0 Å². The summed E-state index contributed by atoms with van der Waals surface area (Å²) in [5, 5.41) is 4.89. The third kappa shape index (κ3) is 3.97. The summed E-state index contributed by atoms with van der Waals surface area (Å²) < 4.78 is 11.6. The Labute approximate surface area is 275 Å². The molecule has 0 radical (unpaired) electrons. The van der Waals surface area contributed by atoms with Crippen LogP contribution in [-0.2, 0) is 0 Å². The van der Waals surface area contributed by atoms with E-state index in [0.717, 1.165) is 38.7 Å². The quantitative estimate of drug-likeness (QED) is 0.192. The van der Waals surface area contributed by atoms with Crippen LogP contribution in [0.3, 0.4) is 0 Å². The maximum absolute atomic E-state index is 6.63. The molecule has 0 saturated heterocycles.